The molecule has 3 heterocycles. The Morgan fingerprint density at radius 1 is 1.13 bits per heavy atom. The fourth-order valence-electron chi connectivity index (χ4n) is 3.85. The van der Waals surface area contributed by atoms with Crippen molar-refractivity contribution in [3.8, 4) is 0 Å². The fourth-order valence-corrected chi connectivity index (χ4v) is 3.85. The molecule has 0 N–H and O–H groups in total. The molecule has 1 aromatic rings. The Morgan fingerprint density at radius 3 is 2.61 bits per heavy atom. The van der Waals surface area contributed by atoms with Gasteiger partial charge in [0.2, 0.25) is 0 Å². The van der Waals surface area contributed by atoms with Gasteiger partial charge in [-0.3, -0.25) is 4.68 Å². The van der Waals surface area contributed by atoms with Crippen molar-refractivity contribution < 1.29 is 9.53 Å². The lowest BCUT2D eigenvalue weighted by atomic mass is 10.00. The maximum absolute atomic E-state index is 11.9. The van der Waals surface area contributed by atoms with E-state index in [1.165, 1.54) is 19.3 Å². The van der Waals surface area contributed by atoms with Crippen LogP contribution in [0.5, 0.6) is 0 Å². The molecule has 2 aliphatic heterocycles. The highest BCUT2D eigenvalue weighted by Gasteiger charge is 2.28. The first-order valence-corrected chi connectivity index (χ1v) is 8.93. The third-order valence-corrected chi connectivity index (χ3v) is 5.14. The van der Waals surface area contributed by atoms with Crippen LogP contribution in [0, 0.1) is 0 Å². The summed E-state index contributed by atoms with van der Waals surface area (Å²) in [6.07, 6.45) is 9.44. The van der Waals surface area contributed by atoms with Gasteiger partial charge in [-0.25, -0.2) is 4.79 Å². The number of hydrogen-bond acceptors (Lipinski definition) is 4. The molecule has 6 nitrogen and oxygen atoms in total. The molecule has 1 atom stereocenters. The monoisotopic (exact) mass is 320 g/mol. The molecule has 1 aromatic heterocycles. The van der Waals surface area contributed by atoms with E-state index >= 15 is 0 Å². The summed E-state index contributed by atoms with van der Waals surface area (Å²) < 4.78 is 7.24. The SMILES string of the molecule is CCOC(=O)N1CCC[C@@H](N2CCC(n3cccn3)CC2)CC1. The van der Waals surface area contributed by atoms with Crippen LogP contribution in [0.15, 0.2) is 18.5 Å². The average molecular weight is 320 g/mol. The molecule has 2 aliphatic rings. The Balaban J connectivity index is 1.48. The summed E-state index contributed by atoms with van der Waals surface area (Å²) in [7, 11) is 0. The summed E-state index contributed by atoms with van der Waals surface area (Å²) in [4.78, 5) is 16.4. The van der Waals surface area contributed by atoms with Crippen molar-refractivity contribution in [1.29, 1.82) is 0 Å². The number of carbonyl (C=O) groups is 1. The summed E-state index contributed by atoms with van der Waals surface area (Å²) in [6, 6.07) is 3.15. The zero-order chi connectivity index (χ0) is 16.1. The van der Waals surface area contributed by atoms with E-state index in [-0.39, 0.29) is 6.09 Å². The minimum Gasteiger partial charge on any atom is -0.450 e. The molecule has 0 spiro atoms. The van der Waals surface area contributed by atoms with Crippen LogP contribution in [0.2, 0.25) is 0 Å². The Labute approximate surface area is 138 Å². The van der Waals surface area contributed by atoms with Crippen molar-refractivity contribution in [3.63, 3.8) is 0 Å². The van der Waals surface area contributed by atoms with Gasteiger partial charge in [0.15, 0.2) is 0 Å². The lowest BCUT2D eigenvalue weighted by Gasteiger charge is -2.37. The molecule has 1 amide bonds. The standard InChI is InChI=1S/C17H28N4O2/c1-2-23-17(22)20-10-3-5-15(6-14-20)19-12-7-16(8-13-19)21-11-4-9-18-21/h4,9,11,15-16H,2-3,5-8,10,12-14H2,1H3/t15-/m1/s1. The zero-order valence-corrected chi connectivity index (χ0v) is 14.1. The third-order valence-electron chi connectivity index (χ3n) is 5.14. The van der Waals surface area contributed by atoms with Crippen molar-refractivity contribution in [2.24, 2.45) is 0 Å². The van der Waals surface area contributed by atoms with E-state index in [0.717, 1.165) is 39.0 Å². The van der Waals surface area contributed by atoms with Gasteiger partial charge >= 0.3 is 6.09 Å². The second kappa shape index (κ2) is 7.81. The van der Waals surface area contributed by atoms with Gasteiger partial charge in [0, 0.05) is 44.6 Å². The fraction of sp³-hybridized carbons (Fsp3) is 0.765. The third kappa shape index (κ3) is 4.05. The minimum absolute atomic E-state index is 0.148. The van der Waals surface area contributed by atoms with E-state index in [9.17, 15) is 4.79 Å². The maximum Gasteiger partial charge on any atom is 0.409 e. The predicted octanol–water partition coefficient (Wildman–Crippen LogP) is 2.53. The van der Waals surface area contributed by atoms with Gasteiger partial charge in [-0.2, -0.15) is 5.10 Å². The number of nitrogens with zero attached hydrogens (tertiary/aromatic N) is 4. The Kier molecular flexibility index (Phi) is 5.54. The maximum atomic E-state index is 11.9. The van der Waals surface area contributed by atoms with Crippen LogP contribution in [0.4, 0.5) is 4.79 Å². The molecule has 0 aliphatic carbocycles. The van der Waals surface area contributed by atoms with Crippen LogP contribution in [0.25, 0.3) is 0 Å². The van der Waals surface area contributed by atoms with Gasteiger partial charge in [0.1, 0.15) is 0 Å². The van der Waals surface area contributed by atoms with E-state index in [1.54, 1.807) is 0 Å². The van der Waals surface area contributed by atoms with E-state index in [4.69, 9.17) is 4.74 Å². The first-order chi connectivity index (χ1) is 11.3. The molecule has 2 fully saturated rings. The van der Waals surface area contributed by atoms with Crippen molar-refractivity contribution in [3.05, 3.63) is 18.5 Å². The summed E-state index contributed by atoms with van der Waals surface area (Å²) in [6.45, 7) is 6.24. The van der Waals surface area contributed by atoms with E-state index in [0.29, 0.717) is 18.7 Å². The zero-order valence-electron chi connectivity index (χ0n) is 14.1. The Morgan fingerprint density at radius 2 is 1.91 bits per heavy atom. The number of carbonyl (C=O) groups excluding carboxylic acids is 1. The van der Waals surface area contributed by atoms with Crippen LogP contribution >= 0.6 is 0 Å². The van der Waals surface area contributed by atoms with Gasteiger partial charge < -0.3 is 14.5 Å². The van der Waals surface area contributed by atoms with Crippen molar-refractivity contribution in [2.45, 2.75) is 51.1 Å². The molecule has 3 rings (SSSR count). The molecule has 0 bridgehead atoms. The van der Waals surface area contributed by atoms with Crippen molar-refractivity contribution >= 4 is 6.09 Å². The van der Waals surface area contributed by atoms with Gasteiger partial charge in [-0.15, -0.1) is 0 Å². The number of hydrogen-bond donors (Lipinski definition) is 0. The highest BCUT2D eigenvalue weighted by molar-refractivity contribution is 5.67. The highest BCUT2D eigenvalue weighted by atomic mass is 16.6. The first-order valence-electron chi connectivity index (χ1n) is 8.93. The van der Waals surface area contributed by atoms with Gasteiger partial charge in [-0.05, 0) is 45.1 Å². The van der Waals surface area contributed by atoms with Crippen LogP contribution in [-0.4, -0.2) is 64.5 Å². The first kappa shape index (κ1) is 16.3. The average Bonchev–Trinajstić information content (AvgIpc) is 3.00. The molecular weight excluding hydrogens is 292 g/mol. The number of aromatic nitrogens is 2. The van der Waals surface area contributed by atoms with Gasteiger partial charge in [0.05, 0.1) is 12.6 Å². The predicted molar refractivity (Wildman–Crippen MR) is 88.3 cm³/mol. The van der Waals surface area contributed by atoms with Crippen molar-refractivity contribution in [1.82, 2.24) is 19.6 Å². The Bertz CT molecular complexity index is 483. The molecule has 0 saturated carbocycles. The quantitative estimate of drug-likeness (QED) is 0.859. The highest BCUT2D eigenvalue weighted by Crippen LogP contribution is 2.26. The molecule has 23 heavy (non-hydrogen) atoms. The van der Waals surface area contributed by atoms with Gasteiger partial charge in [0.25, 0.3) is 0 Å². The molecular formula is C17H28N4O2. The molecule has 128 valence electrons. The number of amides is 1. The summed E-state index contributed by atoms with van der Waals surface area (Å²) in [5.74, 6) is 0. The summed E-state index contributed by atoms with van der Waals surface area (Å²) in [5, 5.41) is 4.38. The van der Waals surface area contributed by atoms with E-state index < -0.39 is 0 Å². The number of likely N-dealkylation sites (tertiary alicyclic amines) is 2. The summed E-state index contributed by atoms with van der Waals surface area (Å²) >= 11 is 0. The molecule has 0 radical (unpaired) electrons. The number of ether oxygens (including phenoxy) is 1. The summed E-state index contributed by atoms with van der Waals surface area (Å²) in [5.41, 5.74) is 0. The van der Waals surface area contributed by atoms with Gasteiger partial charge in [-0.1, -0.05) is 0 Å². The second-order valence-corrected chi connectivity index (χ2v) is 6.52. The van der Waals surface area contributed by atoms with E-state index in [2.05, 4.69) is 20.9 Å². The number of rotatable bonds is 3. The van der Waals surface area contributed by atoms with Crippen molar-refractivity contribution in [2.75, 3.05) is 32.8 Å². The lowest BCUT2D eigenvalue weighted by Crippen LogP contribution is -2.42. The molecule has 6 heteroatoms. The normalized spacial score (nSPS) is 24.4. The largest absolute Gasteiger partial charge is 0.450 e. The van der Waals surface area contributed by atoms with E-state index in [1.807, 2.05) is 24.1 Å². The Hall–Kier alpha value is -1.56. The minimum atomic E-state index is -0.148. The van der Waals surface area contributed by atoms with Crippen LogP contribution in [0.3, 0.4) is 0 Å². The number of piperidine rings is 1. The second-order valence-electron chi connectivity index (χ2n) is 6.52. The molecule has 0 aromatic carbocycles. The van der Waals surface area contributed by atoms with Crippen LogP contribution < -0.4 is 0 Å². The molecule has 0 unspecified atom stereocenters. The van der Waals surface area contributed by atoms with Crippen LogP contribution in [-0.2, 0) is 4.74 Å². The topological polar surface area (TPSA) is 50.6 Å². The van der Waals surface area contributed by atoms with Crippen LogP contribution in [0.1, 0.15) is 45.1 Å². The smallest absolute Gasteiger partial charge is 0.409 e. The molecule has 2 saturated heterocycles. The lowest BCUT2D eigenvalue weighted by molar-refractivity contribution is 0.103.